The number of ether oxygens (including phenoxy) is 4. The van der Waals surface area contributed by atoms with Crippen LogP contribution in [0.4, 0.5) is 0 Å². The smallest absolute Gasteiger partial charge is 0.302 e. The zero-order chi connectivity index (χ0) is 19.6. The lowest BCUT2D eigenvalue weighted by Gasteiger charge is -2.40. The molecule has 0 aromatic carbocycles. The minimum Gasteiger partial charge on any atom is -0.463 e. The zero-order valence-electron chi connectivity index (χ0n) is 13.9. The van der Waals surface area contributed by atoms with E-state index in [1.54, 1.807) is 0 Å². The largest absolute Gasteiger partial charge is 0.463 e. The Morgan fingerprint density at radius 2 is 1.69 bits per heavy atom. The van der Waals surface area contributed by atoms with Gasteiger partial charge in [0, 0.05) is 6.92 Å². The number of carbonyl (C=O) groups is 1. The predicted molar refractivity (Wildman–Crippen MR) is 78.2 cm³/mol. The number of rotatable bonds is 6. The second-order valence-corrected chi connectivity index (χ2v) is 6.15. The van der Waals surface area contributed by atoms with Gasteiger partial charge in [0.15, 0.2) is 12.6 Å². The van der Waals surface area contributed by atoms with Gasteiger partial charge in [-0.2, -0.15) is 0 Å². The Kier molecular flexibility index (Phi) is 7.27. The van der Waals surface area contributed by atoms with Crippen molar-refractivity contribution in [3.05, 3.63) is 0 Å². The van der Waals surface area contributed by atoms with Crippen LogP contribution in [0.5, 0.6) is 0 Å². The highest BCUT2D eigenvalue weighted by Gasteiger charge is 2.51. The molecule has 0 aromatic heterocycles. The molecule has 7 N–H and O–H groups in total. The Hall–Kier alpha value is -0.930. The van der Waals surface area contributed by atoms with Gasteiger partial charge in [0.1, 0.15) is 55.4 Å². The first-order valence-corrected chi connectivity index (χ1v) is 7.96. The fourth-order valence-electron chi connectivity index (χ4n) is 2.77. The summed E-state index contributed by atoms with van der Waals surface area (Å²) in [6, 6.07) is 0. The molecule has 0 bridgehead atoms. The first kappa shape index (κ1) is 21.4. The van der Waals surface area contributed by atoms with E-state index < -0.39 is 80.6 Å². The molecule has 0 saturated carbocycles. The molecule has 12 nitrogen and oxygen atoms in total. The number of hydrogen-bond donors (Lipinski definition) is 7. The van der Waals surface area contributed by atoms with E-state index >= 15 is 0 Å². The molecule has 26 heavy (non-hydrogen) atoms. The first-order valence-electron chi connectivity index (χ1n) is 7.96. The summed E-state index contributed by atoms with van der Waals surface area (Å²) < 4.78 is 20.0. The molecule has 0 spiro atoms. The van der Waals surface area contributed by atoms with Crippen LogP contribution in [0.15, 0.2) is 0 Å². The molecule has 12 heteroatoms. The van der Waals surface area contributed by atoms with E-state index in [1.165, 1.54) is 0 Å². The molecule has 0 radical (unpaired) electrons. The Labute approximate surface area is 148 Å². The first-order chi connectivity index (χ1) is 12.2. The van der Waals surface area contributed by atoms with Crippen molar-refractivity contribution in [2.24, 2.45) is 0 Å². The third-order valence-corrected chi connectivity index (χ3v) is 4.23. The molecule has 0 unspecified atom stereocenters. The highest BCUT2D eigenvalue weighted by Crippen LogP contribution is 2.30. The highest BCUT2D eigenvalue weighted by atomic mass is 16.7. The molecule has 2 aliphatic heterocycles. The molecule has 10 atom stereocenters. The van der Waals surface area contributed by atoms with Crippen molar-refractivity contribution in [3.8, 4) is 0 Å². The number of esters is 1. The summed E-state index contributed by atoms with van der Waals surface area (Å²) in [5.41, 5.74) is 0. The number of hydrogen-bond acceptors (Lipinski definition) is 12. The van der Waals surface area contributed by atoms with Crippen LogP contribution < -0.4 is 0 Å². The second kappa shape index (κ2) is 8.84. The van der Waals surface area contributed by atoms with Crippen LogP contribution in [0.1, 0.15) is 6.92 Å². The summed E-state index contributed by atoms with van der Waals surface area (Å²) >= 11 is 0. The van der Waals surface area contributed by atoms with Crippen LogP contribution in [0.3, 0.4) is 0 Å². The maximum Gasteiger partial charge on any atom is 0.302 e. The Bertz CT molecular complexity index is 473. The van der Waals surface area contributed by atoms with Crippen LogP contribution in [-0.2, 0) is 23.7 Å². The fraction of sp³-hybridized carbons (Fsp3) is 0.929. The van der Waals surface area contributed by atoms with Crippen molar-refractivity contribution in [2.45, 2.75) is 68.3 Å². The average Bonchev–Trinajstić information content (AvgIpc) is 2.88. The molecule has 2 fully saturated rings. The van der Waals surface area contributed by atoms with Gasteiger partial charge in [-0.3, -0.25) is 4.79 Å². The van der Waals surface area contributed by atoms with Crippen molar-refractivity contribution >= 4 is 5.97 Å². The number of aliphatic hydroxyl groups excluding tert-OH is 7. The third kappa shape index (κ3) is 4.48. The summed E-state index contributed by atoms with van der Waals surface area (Å²) in [7, 11) is 0. The van der Waals surface area contributed by atoms with Crippen molar-refractivity contribution < 1.29 is 59.5 Å². The molecule has 152 valence electrons. The summed E-state index contributed by atoms with van der Waals surface area (Å²) in [6.45, 7) is -0.0458. The van der Waals surface area contributed by atoms with Crippen LogP contribution in [-0.4, -0.2) is 116 Å². The lowest BCUT2D eigenvalue weighted by molar-refractivity contribution is -0.324. The SMILES string of the molecule is CC(=O)OC[C@@H](O)[C@@H]1O[C@@H](O)[C@H](O[C@H]2O[C@H](CO)[C@@H](O)[C@H](O)[C@H]2O)[C@H]1O. The van der Waals surface area contributed by atoms with Gasteiger partial charge < -0.3 is 54.7 Å². The van der Waals surface area contributed by atoms with Gasteiger partial charge in [0.25, 0.3) is 0 Å². The fourth-order valence-corrected chi connectivity index (χ4v) is 2.77. The van der Waals surface area contributed by atoms with E-state index in [4.69, 9.17) is 19.3 Å². The average molecular weight is 384 g/mol. The normalized spacial score (nSPS) is 44.7. The van der Waals surface area contributed by atoms with Crippen molar-refractivity contribution in [2.75, 3.05) is 13.2 Å². The zero-order valence-corrected chi connectivity index (χ0v) is 13.9. The van der Waals surface area contributed by atoms with Gasteiger partial charge in [-0.1, -0.05) is 0 Å². The van der Waals surface area contributed by atoms with Gasteiger partial charge in [-0.05, 0) is 0 Å². The topological polar surface area (TPSA) is 196 Å². The van der Waals surface area contributed by atoms with E-state index in [9.17, 15) is 35.4 Å². The molecule has 0 aromatic rings. The maximum absolute atomic E-state index is 10.8. The molecule has 0 amide bonds. The van der Waals surface area contributed by atoms with E-state index in [1.807, 2.05) is 0 Å². The van der Waals surface area contributed by atoms with Crippen LogP contribution in [0, 0.1) is 0 Å². The van der Waals surface area contributed by atoms with Gasteiger partial charge in [0.2, 0.25) is 0 Å². The van der Waals surface area contributed by atoms with Gasteiger partial charge in [0.05, 0.1) is 6.61 Å². The molecule has 2 aliphatic rings. The van der Waals surface area contributed by atoms with Crippen molar-refractivity contribution in [1.82, 2.24) is 0 Å². The molecule has 0 aliphatic carbocycles. The second-order valence-electron chi connectivity index (χ2n) is 6.15. The summed E-state index contributed by atoms with van der Waals surface area (Å²) in [5.74, 6) is -0.661. The predicted octanol–water partition coefficient (Wildman–Crippen LogP) is -4.83. The summed E-state index contributed by atoms with van der Waals surface area (Å²) in [5, 5.41) is 68.5. The Morgan fingerprint density at radius 1 is 1.04 bits per heavy atom. The molecular weight excluding hydrogens is 360 g/mol. The molecule has 2 heterocycles. The summed E-state index contributed by atoms with van der Waals surface area (Å²) in [6.07, 6.45) is -15.5. The highest BCUT2D eigenvalue weighted by molar-refractivity contribution is 5.65. The monoisotopic (exact) mass is 384 g/mol. The van der Waals surface area contributed by atoms with Crippen molar-refractivity contribution in [3.63, 3.8) is 0 Å². The molecule has 2 saturated heterocycles. The van der Waals surface area contributed by atoms with E-state index in [0.717, 1.165) is 6.92 Å². The van der Waals surface area contributed by atoms with Crippen molar-refractivity contribution in [1.29, 1.82) is 0 Å². The number of carbonyl (C=O) groups excluding carboxylic acids is 1. The van der Waals surface area contributed by atoms with Gasteiger partial charge in [-0.25, -0.2) is 0 Å². The Balaban J connectivity index is 2.01. The summed E-state index contributed by atoms with van der Waals surface area (Å²) in [4.78, 5) is 10.8. The molecular formula is C14H24O12. The van der Waals surface area contributed by atoms with Crippen LogP contribution in [0.25, 0.3) is 0 Å². The van der Waals surface area contributed by atoms with Crippen LogP contribution >= 0.6 is 0 Å². The van der Waals surface area contributed by atoms with Crippen LogP contribution in [0.2, 0.25) is 0 Å². The lowest BCUT2D eigenvalue weighted by Crippen LogP contribution is -2.60. The van der Waals surface area contributed by atoms with E-state index in [-0.39, 0.29) is 0 Å². The van der Waals surface area contributed by atoms with Gasteiger partial charge in [-0.15, -0.1) is 0 Å². The minimum atomic E-state index is -1.74. The quantitative estimate of drug-likeness (QED) is 0.216. The Morgan fingerprint density at radius 3 is 2.27 bits per heavy atom. The standard InChI is InChI=1S/C14H24O12/c1-4(16)23-3-5(17)11-10(21)12(13(22)25-11)26-14-9(20)8(19)7(18)6(2-15)24-14/h5-15,17-22H,2-3H2,1H3/t5-,6-,7-,8+,9-,10+,11+,12-,13-,14-/m1/s1. The lowest BCUT2D eigenvalue weighted by atomic mass is 9.99. The van der Waals surface area contributed by atoms with Gasteiger partial charge >= 0.3 is 5.97 Å². The minimum absolute atomic E-state index is 0.490. The van der Waals surface area contributed by atoms with E-state index in [2.05, 4.69) is 4.74 Å². The molecule has 2 rings (SSSR count). The number of aliphatic hydroxyl groups is 7. The maximum atomic E-state index is 10.8. The third-order valence-electron chi connectivity index (χ3n) is 4.23. The van der Waals surface area contributed by atoms with E-state index in [0.29, 0.717) is 0 Å².